The van der Waals surface area contributed by atoms with Gasteiger partial charge in [-0.1, -0.05) is 129 Å². The number of nitrogens with zero attached hydrogens (tertiary/aromatic N) is 4. The highest BCUT2D eigenvalue weighted by molar-refractivity contribution is 6.41. The highest BCUT2D eigenvalue weighted by Gasteiger charge is 2.44. The van der Waals surface area contributed by atoms with Gasteiger partial charge in [0, 0.05) is 22.3 Å². The van der Waals surface area contributed by atoms with Crippen LogP contribution in [0.15, 0.2) is 103 Å². The van der Waals surface area contributed by atoms with Gasteiger partial charge in [-0.25, -0.2) is 0 Å². The molecule has 0 aliphatic heterocycles. The Morgan fingerprint density at radius 3 is 0.933 bits per heavy atom. The van der Waals surface area contributed by atoms with Gasteiger partial charge in [0.25, 0.3) is 0 Å². The topological polar surface area (TPSA) is 83.6 Å². The van der Waals surface area contributed by atoms with E-state index in [1.165, 1.54) is 12.4 Å². The zero-order valence-corrected chi connectivity index (χ0v) is 38.0. The number of hydrogen-bond acceptors (Lipinski definition) is 6. The summed E-state index contributed by atoms with van der Waals surface area (Å²) in [5, 5.41) is 12.1. The molecule has 0 bridgehead atoms. The molecule has 0 radical (unpaired) electrons. The molecule has 6 nitrogen and oxygen atoms in total. The molecule has 0 aromatic heterocycles. The van der Waals surface area contributed by atoms with Gasteiger partial charge in [0.2, 0.25) is 0 Å². The number of carbonyl (C=O) groups excluding carboxylic acids is 2. The lowest BCUT2D eigenvalue weighted by molar-refractivity contribution is -0.139. The maximum atomic E-state index is 14.9. The molecular weight excluding hydrogens is 872 g/mol. The summed E-state index contributed by atoms with van der Waals surface area (Å²) in [6.07, 6.45) is -1.94. The van der Waals surface area contributed by atoms with Gasteiger partial charge in [0.1, 0.15) is 11.4 Å². The Hall–Kier alpha value is -3.84. The summed E-state index contributed by atoms with van der Waals surface area (Å²) in [4.78, 5) is 26.6. The number of halogens is 10. The summed E-state index contributed by atoms with van der Waals surface area (Å²) in [5.74, 6) is -0.324. The molecule has 16 heteroatoms. The van der Waals surface area contributed by atoms with Gasteiger partial charge in [-0.2, -0.15) is 36.6 Å². The van der Waals surface area contributed by atoms with Crippen molar-refractivity contribution in [2.45, 2.75) is 95.4 Å². The van der Waals surface area contributed by atoms with E-state index in [1.54, 1.807) is 24.3 Å². The fraction of sp³-hybridized carbons (Fsp3) is 0.409. The molecule has 0 saturated heterocycles. The van der Waals surface area contributed by atoms with Crippen molar-refractivity contribution in [1.82, 2.24) is 0 Å². The predicted molar refractivity (Wildman–Crippen MR) is 227 cm³/mol. The van der Waals surface area contributed by atoms with Gasteiger partial charge in [-0.15, -0.1) is 10.2 Å². The number of ketones is 2. The summed E-state index contributed by atoms with van der Waals surface area (Å²) < 4.78 is 89.2. The Labute approximate surface area is 365 Å². The van der Waals surface area contributed by atoms with Crippen LogP contribution in [0.2, 0.25) is 20.1 Å². The molecule has 0 spiro atoms. The Balaban J connectivity index is 1.90. The normalized spacial score (nSPS) is 16.4. The van der Waals surface area contributed by atoms with E-state index in [0.29, 0.717) is 45.6 Å². The summed E-state index contributed by atoms with van der Waals surface area (Å²) in [7, 11) is 0. The van der Waals surface area contributed by atoms with E-state index in [4.69, 9.17) is 46.4 Å². The fourth-order valence-electron chi connectivity index (χ4n) is 6.37. The van der Waals surface area contributed by atoms with Crippen molar-refractivity contribution >= 4 is 69.3 Å². The van der Waals surface area contributed by atoms with Gasteiger partial charge in [0.05, 0.1) is 43.6 Å². The number of azo groups is 2. The zero-order chi connectivity index (χ0) is 45.9. The van der Waals surface area contributed by atoms with E-state index >= 15 is 0 Å². The molecule has 0 atom stereocenters. The highest BCUT2D eigenvalue weighted by Crippen LogP contribution is 2.54. The van der Waals surface area contributed by atoms with Crippen LogP contribution in [0.5, 0.6) is 0 Å². The fourth-order valence-corrected chi connectivity index (χ4v) is 7.64. The van der Waals surface area contributed by atoms with Crippen LogP contribution < -0.4 is 0 Å². The SMILES string of the molecule is CC(C)(C)C1=CC(=CN=Nc2c(Cl)cc(-c3cc(Cl)c(N=NC=C4C=C(C(C)(C)C)C(=O)C(C(C)(C)C)=C4)c(Cl)c3C(F)(F)F)c(C(F)(F)F)c2Cl)C=C(C(C)(C)C)C1=O. The number of Topliss-reactive ketones (excluding diaryl/α,β-unsaturated/α-hetero) is 2. The monoisotopic (exact) mass is 914 g/mol. The lowest BCUT2D eigenvalue weighted by Gasteiger charge is -2.31. The first-order chi connectivity index (χ1) is 27.1. The summed E-state index contributed by atoms with van der Waals surface area (Å²) >= 11 is 25.4. The number of alkyl halides is 6. The predicted octanol–water partition coefficient (Wildman–Crippen LogP) is 17.0. The molecule has 4 rings (SSSR count). The van der Waals surface area contributed by atoms with Crippen molar-refractivity contribution in [3.8, 4) is 11.1 Å². The lowest BCUT2D eigenvalue weighted by atomic mass is 9.72. The van der Waals surface area contributed by atoms with E-state index in [2.05, 4.69) is 20.5 Å². The molecule has 0 saturated carbocycles. The number of hydrogen-bond donors (Lipinski definition) is 0. The second-order valence-corrected chi connectivity index (χ2v) is 20.0. The van der Waals surface area contributed by atoms with Crippen LogP contribution >= 0.6 is 46.4 Å². The maximum absolute atomic E-state index is 14.9. The van der Waals surface area contributed by atoms with Crippen molar-refractivity contribution in [2.24, 2.45) is 42.1 Å². The van der Waals surface area contributed by atoms with Gasteiger partial charge in [0.15, 0.2) is 11.6 Å². The van der Waals surface area contributed by atoms with Crippen molar-refractivity contribution < 1.29 is 35.9 Å². The van der Waals surface area contributed by atoms with Crippen molar-refractivity contribution in [1.29, 1.82) is 0 Å². The van der Waals surface area contributed by atoms with Crippen LogP contribution in [0.3, 0.4) is 0 Å². The second-order valence-electron chi connectivity index (χ2n) is 18.5. The van der Waals surface area contributed by atoms with E-state index in [-0.39, 0.29) is 11.6 Å². The molecule has 0 fully saturated rings. The Kier molecular flexibility index (Phi) is 13.7. The van der Waals surface area contributed by atoms with Crippen molar-refractivity contribution in [3.05, 3.63) is 113 Å². The Morgan fingerprint density at radius 2 is 0.717 bits per heavy atom. The Morgan fingerprint density at radius 1 is 0.467 bits per heavy atom. The van der Waals surface area contributed by atoms with Gasteiger partial charge >= 0.3 is 12.4 Å². The number of rotatable bonds is 5. The average molecular weight is 917 g/mol. The third kappa shape index (κ3) is 10.6. The minimum Gasteiger partial charge on any atom is -0.289 e. The number of benzene rings is 2. The Bertz CT molecular complexity index is 2160. The van der Waals surface area contributed by atoms with Crippen molar-refractivity contribution in [2.75, 3.05) is 0 Å². The summed E-state index contributed by atoms with van der Waals surface area (Å²) in [6, 6.07) is 1.25. The molecule has 2 aliphatic carbocycles. The van der Waals surface area contributed by atoms with E-state index in [9.17, 15) is 35.9 Å². The smallest absolute Gasteiger partial charge is 0.289 e. The molecule has 322 valence electrons. The highest BCUT2D eigenvalue weighted by atomic mass is 35.5. The average Bonchev–Trinajstić information content (AvgIpc) is 3.04. The first kappa shape index (κ1) is 48.8. The quantitative estimate of drug-likeness (QED) is 0.221. The molecule has 0 N–H and O–H groups in total. The third-order valence-electron chi connectivity index (χ3n) is 9.43. The molecule has 60 heavy (non-hydrogen) atoms. The van der Waals surface area contributed by atoms with Crippen LogP contribution in [0.25, 0.3) is 11.1 Å². The molecule has 2 aromatic carbocycles. The van der Waals surface area contributed by atoms with Gasteiger partial charge in [-0.3, -0.25) is 9.59 Å². The van der Waals surface area contributed by atoms with Crippen LogP contribution in [0.1, 0.15) is 94.2 Å². The summed E-state index contributed by atoms with van der Waals surface area (Å²) in [6.45, 7) is 22.2. The summed E-state index contributed by atoms with van der Waals surface area (Å²) in [5.41, 5.74) is -6.54. The number of carbonyl (C=O) groups is 2. The molecule has 2 aliphatic rings. The molecule has 0 unspecified atom stereocenters. The largest absolute Gasteiger partial charge is 0.418 e. The lowest BCUT2D eigenvalue weighted by Crippen LogP contribution is -2.27. The molecule has 0 amide bonds. The van der Waals surface area contributed by atoms with Crippen LogP contribution in [0.4, 0.5) is 37.7 Å². The van der Waals surface area contributed by atoms with Crippen molar-refractivity contribution in [3.63, 3.8) is 0 Å². The van der Waals surface area contributed by atoms with Gasteiger partial charge < -0.3 is 0 Å². The number of allylic oxidation sites excluding steroid dienone is 10. The minimum absolute atomic E-state index is 0.162. The molecule has 2 aromatic rings. The first-order valence-electron chi connectivity index (χ1n) is 18.5. The molecular formula is C44H44Cl4F6N4O2. The van der Waals surface area contributed by atoms with Crippen LogP contribution in [0, 0.1) is 21.7 Å². The third-order valence-corrected chi connectivity index (χ3v) is 10.7. The van der Waals surface area contributed by atoms with Crippen LogP contribution in [-0.2, 0) is 21.9 Å². The van der Waals surface area contributed by atoms with E-state index in [1.807, 2.05) is 83.1 Å². The van der Waals surface area contributed by atoms with Gasteiger partial charge in [-0.05, 0) is 80.4 Å². The first-order valence-corrected chi connectivity index (χ1v) is 20.0. The molecule has 0 heterocycles. The van der Waals surface area contributed by atoms with E-state index < -0.39 is 87.7 Å². The van der Waals surface area contributed by atoms with Crippen LogP contribution in [-0.4, -0.2) is 11.6 Å². The standard InChI is InChI=1S/C44H44Cl4F6N4O2/c1-39(2,3)25-13-21(14-26(37(25)59)40(4,5)6)19-55-57-35-29(45)17-23(31(33(35)47)43(49,50)51)24-18-30(46)36(34(48)32(24)44(52,53)54)58-56-20-22-15-27(41(7,8)9)38(60)28(16-22)42(10,11)12/h13-20H,1-12H3. The second kappa shape index (κ2) is 16.8. The zero-order valence-electron chi connectivity index (χ0n) is 35.0. The van der Waals surface area contributed by atoms with E-state index in [0.717, 1.165) is 0 Å². The maximum Gasteiger partial charge on any atom is 0.418 e. The minimum atomic E-state index is -5.36.